The van der Waals surface area contributed by atoms with E-state index in [1.807, 2.05) is 38.1 Å². The Kier molecular flexibility index (Phi) is 6.23. The molecule has 3 N–H and O–H groups in total. The van der Waals surface area contributed by atoms with Gasteiger partial charge in [0.05, 0.1) is 5.52 Å². The lowest BCUT2D eigenvalue weighted by atomic mass is 9.92. The number of halogens is 1. The SMILES string of the molecule is Cc1cc(Nc2nc(C(CCCCO)c3ccc(F)cc3)nc3c(C)cccc23)n[nH]1. The first-order valence-corrected chi connectivity index (χ1v) is 10.5. The molecule has 0 saturated heterocycles. The van der Waals surface area contributed by atoms with E-state index >= 15 is 0 Å². The number of hydrogen-bond acceptors (Lipinski definition) is 5. The number of unbranched alkanes of at least 4 members (excludes halogenated alkanes) is 1. The molecule has 4 rings (SSSR count). The first-order valence-electron chi connectivity index (χ1n) is 10.5. The van der Waals surface area contributed by atoms with Crippen LogP contribution >= 0.6 is 0 Å². The van der Waals surface area contributed by atoms with Crippen molar-refractivity contribution >= 4 is 22.5 Å². The van der Waals surface area contributed by atoms with Crippen molar-refractivity contribution < 1.29 is 9.50 Å². The summed E-state index contributed by atoms with van der Waals surface area (Å²) in [6, 6.07) is 14.4. The molecule has 0 radical (unpaired) electrons. The minimum absolute atomic E-state index is 0.113. The molecule has 31 heavy (non-hydrogen) atoms. The van der Waals surface area contributed by atoms with Gasteiger partial charge in [0.1, 0.15) is 17.5 Å². The second-order valence-corrected chi connectivity index (χ2v) is 7.79. The fourth-order valence-corrected chi connectivity index (χ4v) is 3.77. The Morgan fingerprint density at radius 2 is 1.87 bits per heavy atom. The van der Waals surface area contributed by atoms with Gasteiger partial charge in [-0.3, -0.25) is 5.10 Å². The molecule has 6 nitrogen and oxygen atoms in total. The third-order valence-corrected chi connectivity index (χ3v) is 5.38. The summed E-state index contributed by atoms with van der Waals surface area (Å²) in [6.45, 7) is 4.11. The fraction of sp³-hybridized carbons (Fsp3) is 0.292. The number of aromatic amines is 1. The van der Waals surface area contributed by atoms with Crippen molar-refractivity contribution in [3.05, 3.63) is 77.0 Å². The van der Waals surface area contributed by atoms with Crippen molar-refractivity contribution in [1.82, 2.24) is 20.2 Å². The predicted octanol–water partition coefficient (Wildman–Crippen LogP) is 5.15. The lowest BCUT2D eigenvalue weighted by molar-refractivity contribution is 0.282. The number of nitrogens with zero attached hydrogens (tertiary/aromatic N) is 3. The Hall–Kier alpha value is -3.32. The van der Waals surface area contributed by atoms with Gasteiger partial charge in [-0.15, -0.1) is 0 Å². The van der Waals surface area contributed by atoms with Crippen molar-refractivity contribution in [1.29, 1.82) is 0 Å². The molecule has 0 amide bonds. The highest BCUT2D eigenvalue weighted by Gasteiger charge is 2.20. The van der Waals surface area contributed by atoms with Crippen LogP contribution in [0, 0.1) is 19.7 Å². The number of nitrogens with one attached hydrogen (secondary N) is 2. The van der Waals surface area contributed by atoms with E-state index in [0.717, 1.165) is 40.6 Å². The lowest BCUT2D eigenvalue weighted by Crippen LogP contribution is -2.10. The van der Waals surface area contributed by atoms with Crippen molar-refractivity contribution in [3.63, 3.8) is 0 Å². The molecule has 1 unspecified atom stereocenters. The van der Waals surface area contributed by atoms with Gasteiger partial charge in [-0.05, 0) is 56.0 Å². The maximum atomic E-state index is 13.5. The molecule has 2 aromatic heterocycles. The number of rotatable bonds is 8. The van der Waals surface area contributed by atoms with Crippen LogP contribution in [0.15, 0.2) is 48.5 Å². The van der Waals surface area contributed by atoms with E-state index in [1.54, 1.807) is 12.1 Å². The summed E-state index contributed by atoms with van der Waals surface area (Å²) >= 11 is 0. The van der Waals surface area contributed by atoms with Gasteiger partial charge in [0.15, 0.2) is 5.82 Å². The third kappa shape index (κ3) is 4.72. The van der Waals surface area contributed by atoms with Gasteiger partial charge >= 0.3 is 0 Å². The quantitative estimate of drug-likeness (QED) is 0.344. The molecular formula is C24H26FN5O. The van der Waals surface area contributed by atoms with E-state index in [2.05, 4.69) is 15.5 Å². The van der Waals surface area contributed by atoms with E-state index in [-0.39, 0.29) is 18.3 Å². The van der Waals surface area contributed by atoms with Crippen LogP contribution in [0.3, 0.4) is 0 Å². The van der Waals surface area contributed by atoms with Crippen molar-refractivity contribution in [2.24, 2.45) is 0 Å². The summed E-state index contributed by atoms with van der Waals surface area (Å²) in [5.41, 5.74) is 3.83. The van der Waals surface area contributed by atoms with Gasteiger partial charge in [-0.2, -0.15) is 5.10 Å². The summed E-state index contributed by atoms with van der Waals surface area (Å²) < 4.78 is 13.5. The number of H-pyrrole nitrogens is 1. The predicted molar refractivity (Wildman–Crippen MR) is 120 cm³/mol. The number of anilines is 2. The number of para-hydroxylation sites is 1. The molecule has 1 atom stereocenters. The number of hydrogen-bond donors (Lipinski definition) is 3. The minimum Gasteiger partial charge on any atom is -0.396 e. The summed E-state index contributed by atoms with van der Waals surface area (Å²) in [6.07, 6.45) is 2.27. The normalized spacial score (nSPS) is 12.3. The third-order valence-electron chi connectivity index (χ3n) is 5.38. The molecule has 7 heteroatoms. The minimum atomic E-state index is -0.274. The van der Waals surface area contributed by atoms with Crippen LogP contribution in [0.2, 0.25) is 0 Å². The van der Waals surface area contributed by atoms with Crippen LogP contribution < -0.4 is 5.32 Å². The average molecular weight is 420 g/mol. The van der Waals surface area contributed by atoms with Gasteiger partial charge < -0.3 is 10.4 Å². The molecule has 0 bridgehead atoms. The van der Waals surface area contributed by atoms with E-state index < -0.39 is 0 Å². The van der Waals surface area contributed by atoms with Gasteiger partial charge in [0.25, 0.3) is 0 Å². The van der Waals surface area contributed by atoms with Crippen LogP contribution in [0.4, 0.5) is 16.0 Å². The molecule has 0 spiro atoms. The van der Waals surface area contributed by atoms with Gasteiger partial charge in [-0.1, -0.05) is 30.7 Å². The molecule has 0 fully saturated rings. The van der Waals surface area contributed by atoms with E-state index in [4.69, 9.17) is 9.97 Å². The summed E-state index contributed by atoms with van der Waals surface area (Å²) in [4.78, 5) is 9.82. The number of benzene rings is 2. The molecular weight excluding hydrogens is 393 g/mol. The van der Waals surface area contributed by atoms with E-state index in [0.29, 0.717) is 23.9 Å². The number of aliphatic hydroxyl groups excluding tert-OH is 1. The van der Waals surface area contributed by atoms with Gasteiger partial charge in [0, 0.05) is 29.7 Å². The topological polar surface area (TPSA) is 86.7 Å². The molecule has 0 aliphatic rings. The largest absolute Gasteiger partial charge is 0.396 e. The molecule has 0 saturated carbocycles. The standard InChI is InChI=1S/C24H26FN5O/c1-15-6-5-8-20-22(15)27-23(28-24(20)26-21-14-16(2)29-30-21)19(7-3-4-13-31)17-9-11-18(25)12-10-17/h5-6,8-12,14,19,31H,3-4,7,13H2,1-2H3,(H2,26,27,28,29,30). The van der Waals surface area contributed by atoms with Crippen LogP contribution in [-0.4, -0.2) is 31.9 Å². The van der Waals surface area contributed by atoms with Crippen LogP contribution in [-0.2, 0) is 0 Å². The summed E-state index contributed by atoms with van der Waals surface area (Å²) in [5, 5.41) is 20.7. The van der Waals surface area contributed by atoms with Crippen LogP contribution in [0.5, 0.6) is 0 Å². The van der Waals surface area contributed by atoms with Crippen molar-refractivity contribution in [2.75, 3.05) is 11.9 Å². The van der Waals surface area contributed by atoms with Crippen LogP contribution in [0.1, 0.15) is 47.8 Å². The molecule has 160 valence electrons. The zero-order chi connectivity index (χ0) is 21.8. The van der Waals surface area contributed by atoms with Gasteiger partial charge in [-0.25, -0.2) is 14.4 Å². The second-order valence-electron chi connectivity index (χ2n) is 7.79. The Labute approximate surface area is 180 Å². The summed E-state index contributed by atoms with van der Waals surface area (Å²) in [7, 11) is 0. The average Bonchev–Trinajstić information content (AvgIpc) is 3.17. The highest BCUT2D eigenvalue weighted by molar-refractivity contribution is 5.92. The zero-order valence-corrected chi connectivity index (χ0v) is 17.7. The molecule has 2 heterocycles. The Bertz CT molecular complexity index is 1170. The number of aryl methyl sites for hydroxylation is 2. The number of aromatic nitrogens is 4. The van der Waals surface area contributed by atoms with E-state index in [9.17, 15) is 9.50 Å². The Balaban J connectivity index is 1.82. The molecule has 0 aliphatic heterocycles. The highest BCUT2D eigenvalue weighted by atomic mass is 19.1. The fourth-order valence-electron chi connectivity index (χ4n) is 3.77. The number of aliphatic hydroxyl groups is 1. The highest BCUT2D eigenvalue weighted by Crippen LogP contribution is 2.32. The van der Waals surface area contributed by atoms with Gasteiger partial charge in [0.2, 0.25) is 0 Å². The molecule has 0 aliphatic carbocycles. The van der Waals surface area contributed by atoms with E-state index in [1.165, 1.54) is 12.1 Å². The Morgan fingerprint density at radius 3 is 2.58 bits per heavy atom. The van der Waals surface area contributed by atoms with Crippen LogP contribution in [0.25, 0.3) is 10.9 Å². The maximum absolute atomic E-state index is 13.5. The zero-order valence-electron chi connectivity index (χ0n) is 17.7. The first-order chi connectivity index (χ1) is 15.0. The smallest absolute Gasteiger partial charge is 0.153 e. The Morgan fingerprint density at radius 1 is 1.06 bits per heavy atom. The maximum Gasteiger partial charge on any atom is 0.153 e. The molecule has 4 aromatic rings. The summed E-state index contributed by atoms with van der Waals surface area (Å²) in [5.74, 6) is 1.65. The second kappa shape index (κ2) is 9.22. The monoisotopic (exact) mass is 419 g/mol. The first kappa shape index (κ1) is 20.9. The molecule has 2 aromatic carbocycles. The number of fused-ring (bicyclic) bond motifs is 1. The lowest BCUT2D eigenvalue weighted by Gasteiger charge is -2.19. The van der Waals surface area contributed by atoms with Crippen molar-refractivity contribution in [2.45, 2.75) is 39.0 Å². The van der Waals surface area contributed by atoms with Crippen molar-refractivity contribution in [3.8, 4) is 0 Å².